The summed E-state index contributed by atoms with van der Waals surface area (Å²) in [6.45, 7) is 0. The maximum atomic E-state index is 14.5. The van der Waals surface area contributed by atoms with Gasteiger partial charge in [-0.2, -0.15) is 0 Å². The average Bonchev–Trinajstić information content (AvgIpc) is 2.81. The molecule has 0 aliphatic heterocycles. The summed E-state index contributed by atoms with van der Waals surface area (Å²) in [5, 5.41) is 5.63. The van der Waals surface area contributed by atoms with E-state index in [2.05, 4.69) is 25.6 Å². The number of nitrogens with zero attached hydrogens (tertiary/aromatic N) is 3. The lowest BCUT2D eigenvalue weighted by atomic mass is 10.1. The van der Waals surface area contributed by atoms with Crippen LogP contribution in [0.25, 0.3) is 11.3 Å². The third-order valence-electron chi connectivity index (χ3n) is 4.36. The summed E-state index contributed by atoms with van der Waals surface area (Å²) in [6, 6.07) is 18.1. The van der Waals surface area contributed by atoms with E-state index in [0.29, 0.717) is 22.9 Å². The summed E-state index contributed by atoms with van der Waals surface area (Å²) >= 11 is 0. The first kappa shape index (κ1) is 20.0. The molecule has 8 heteroatoms. The van der Waals surface area contributed by atoms with E-state index >= 15 is 0 Å². The van der Waals surface area contributed by atoms with Crippen LogP contribution in [-0.4, -0.2) is 27.9 Å². The van der Waals surface area contributed by atoms with Crippen LogP contribution in [0.3, 0.4) is 0 Å². The normalized spacial score (nSPS) is 10.4. The van der Waals surface area contributed by atoms with Gasteiger partial charge in [0.1, 0.15) is 0 Å². The first-order valence-electron chi connectivity index (χ1n) is 9.44. The molecule has 0 saturated carbocycles. The third kappa shape index (κ3) is 4.64. The zero-order valence-corrected chi connectivity index (χ0v) is 16.5. The van der Waals surface area contributed by atoms with Crippen molar-refractivity contribution in [3.8, 4) is 22.9 Å². The van der Waals surface area contributed by atoms with Crippen LogP contribution in [0.15, 0.2) is 79.1 Å². The van der Waals surface area contributed by atoms with Gasteiger partial charge >= 0.3 is 0 Å². The molecule has 2 N–H and O–H groups in total. The second kappa shape index (κ2) is 9.00. The molecule has 0 radical (unpaired) electrons. The van der Waals surface area contributed by atoms with Gasteiger partial charge in [0.25, 0.3) is 5.91 Å². The fourth-order valence-corrected chi connectivity index (χ4v) is 2.85. The smallest absolute Gasteiger partial charge is 0.255 e. The van der Waals surface area contributed by atoms with E-state index in [1.54, 1.807) is 43.6 Å². The Morgan fingerprint density at radius 3 is 2.61 bits per heavy atom. The topological polar surface area (TPSA) is 89.0 Å². The van der Waals surface area contributed by atoms with Crippen LogP contribution in [0, 0.1) is 5.82 Å². The highest BCUT2D eigenvalue weighted by atomic mass is 19.1. The van der Waals surface area contributed by atoms with E-state index in [9.17, 15) is 9.18 Å². The van der Waals surface area contributed by atoms with Gasteiger partial charge in [-0.3, -0.25) is 4.79 Å². The standard InChI is InChI=1S/C23H18FN5O2/c1-25-23-27-13-11-19(29-23)17-8-5-12-26-22(17)31-20-14-15(9-10-18(20)24)21(30)28-16-6-3-2-4-7-16/h2-14H,1H3,(H,28,30)(H,25,27,29). The SMILES string of the molecule is CNc1nccc(-c2cccnc2Oc2cc(C(=O)Nc3ccccc3)ccc2F)n1. The van der Waals surface area contributed by atoms with Crippen LogP contribution in [0.1, 0.15) is 10.4 Å². The second-order valence-electron chi connectivity index (χ2n) is 6.44. The molecule has 0 aliphatic rings. The van der Waals surface area contributed by atoms with Crippen molar-refractivity contribution in [3.63, 3.8) is 0 Å². The van der Waals surface area contributed by atoms with E-state index in [1.807, 2.05) is 18.2 Å². The van der Waals surface area contributed by atoms with Crippen LogP contribution < -0.4 is 15.4 Å². The van der Waals surface area contributed by atoms with E-state index < -0.39 is 5.82 Å². The maximum absolute atomic E-state index is 14.5. The Hall–Kier alpha value is -4.33. The van der Waals surface area contributed by atoms with Gasteiger partial charge in [-0.25, -0.2) is 19.3 Å². The van der Waals surface area contributed by atoms with Gasteiger partial charge in [0, 0.05) is 30.7 Å². The molecule has 0 saturated heterocycles. The first-order chi connectivity index (χ1) is 15.1. The predicted octanol–water partition coefficient (Wildman–Crippen LogP) is 4.76. The van der Waals surface area contributed by atoms with Gasteiger partial charge in [-0.1, -0.05) is 18.2 Å². The summed E-state index contributed by atoms with van der Waals surface area (Å²) in [4.78, 5) is 25.2. The molecule has 0 fully saturated rings. The number of carbonyl (C=O) groups excluding carboxylic acids is 1. The quantitative estimate of drug-likeness (QED) is 0.472. The molecule has 2 aromatic carbocycles. The first-order valence-corrected chi connectivity index (χ1v) is 9.44. The number of aromatic nitrogens is 3. The van der Waals surface area contributed by atoms with Crippen molar-refractivity contribution in [2.24, 2.45) is 0 Å². The van der Waals surface area contributed by atoms with E-state index in [4.69, 9.17) is 4.74 Å². The number of anilines is 2. The van der Waals surface area contributed by atoms with Gasteiger partial charge in [0.15, 0.2) is 11.6 Å². The summed E-state index contributed by atoms with van der Waals surface area (Å²) in [6.07, 6.45) is 3.13. The number of hydrogen-bond acceptors (Lipinski definition) is 6. The molecular weight excluding hydrogens is 397 g/mol. The number of para-hydroxylation sites is 1. The number of rotatable bonds is 6. The van der Waals surface area contributed by atoms with Gasteiger partial charge < -0.3 is 15.4 Å². The van der Waals surface area contributed by atoms with Crippen molar-refractivity contribution >= 4 is 17.5 Å². The lowest BCUT2D eigenvalue weighted by Crippen LogP contribution is -2.12. The fourth-order valence-electron chi connectivity index (χ4n) is 2.85. The number of halogens is 1. The second-order valence-corrected chi connectivity index (χ2v) is 6.44. The highest BCUT2D eigenvalue weighted by Crippen LogP contribution is 2.32. The molecule has 0 atom stereocenters. The molecule has 2 aromatic heterocycles. The maximum Gasteiger partial charge on any atom is 0.255 e. The molecule has 4 aromatic rings. The van der Waals surface area contributed by atoms with Crippen molar-refractivity contribution < 1.29 is 13.9 Å². The molecule has 0 spiro atoms. The highest BCUT2D eigenvalue weighted by molar-refractivity contribution is 6.04. The lowest BCUT2D eigenvalue weighted by Gasteiger charge is -2.12. The van der Waals surface area contributed by atoms with Gasteiger partial charge in [0.05, 0.1) is 11.3 Å². The minimum absolute atomic E-state index is 0.122. The number of benzene rings is 2. The van der Waals surface area contributed by atoms with Gasteiger partial charge in [-0.15, -0.1) is 0 Å². The molecule has 31 heavy (non-hydrogen) atoms. The van der Waals surface area contributed by atoms with Crippen LogP contribution in [0.5, 0.6) is 11.6 Å². The fraction of sp³-hybridized carbons (Fsp3) is 0.0435. The van der Waals surface area contributed by atoms with Crippen molar-refractivity contribution in [2.45, 2.75) is 0 Å². The number of hydrogen-bond donors (Lipinski definition) is 2. The Labute approximate surface area is 178 Å². The zero-order valence-electron chi connectivity index (χ0n) is 16.5. The molecule has 1 amide bonds. The third-order valence-corrected chi connectivity index (χ3v) is 4.36. The predicted molar refractivity (Wildman–Crippen MR) is 116 cm³/mol. The Morgan fingerprint density at radius 2 is 1.81 bits per heavy atom. The lowest BCUT2D eigenvalue weighted by molar-refractivity contribution is 0.102. The number of ether oxygens (including phenoxy) is 1. The van der Waals surface area contributed by atoms with Crippen molar-refractivity contribution in [1.29, 1.82) is 0 Å². The molecule has 0 aliphatic carbocycles. The minimum atomic E-state index is -0.619. The van der Waals surface area contributed by atoms with Crippen molar-refractivity contribution in [3.05, 3.63) is 90.5 Å². The number of carbonyl (C=O) groups is 1. The minimum Gasteiger partial charge on any atom is -0.435 e. The van der Waals surface area contributed by atoms with Crippen molar-refractivity contribution in [2.75, 3.05) is 17.7 Å². The summed E-state index contributed by atoms with van der Waals surface area (Å²) in [5.41, 5.74) is 1.99. The van der Waals surface area contributed by atoms with Gasteiger partial charge in [-0.05, 0) is 48.5 Å². The summed E-state index contributed by atoms with van der Waals surface area (Å²) < 4.78 is 20.2. The summed E-state index contributed by atoms with van der Waals surface area (Å²) in [7, 11) is 1.71. The van der Waals surface area contributed by atoms with E-state index in [0.717, 1.165) is 0 Å². The number of amides is 1. The monoisotopic (exact) mass is 415 g/mol. The van der Waals surface area contributed by atoms with Crippen LogP contribution in [0.2, 0.25) is 0 Å². The molecule has 154 valence electrons. The summed E-state index contributed by atoms with van der Waals surface area (Å²) in [5.74, 6) is -0.539. The average molecular weight is 415 g/mol. The van der Waals surface area contributed by atoms with Crippen LogP contribution in [0.4, 0.5) is 16.0 Å². The molecular formula is C23H18FN5O2. The molecule has 0 unspecified atom stereocenters. The largest absolute Gasteiger partial charge is 0.435 e. The Bertz CT molecular complexity index is 1220. The van der Waals surface area contributed by atoms with Crippen molar-refractivity contribution in [1.82, 2.24) is 15.0 Å². The molecule has 2 heterocycles. The zero-order chi connectivity index (χ0) is 21.6. The Morgan fingerprint density at radius 1 is 0.968 bits per heavy atom. The molecule has 4 rings (SSSR count). The Balaban J connectivity index is 1.63. The van der Waals surface area contributed by atoms with Crippen LogP contribution >= 0.6 is 0 Å². The number of nitrogens with one attached hydrogen (secondary N) is 2. The van der Waals surface area contributed by atoms with Crippen LogP contribution in [-0.2, 0) is 0 Å². The number of pyridine rings is 1. The highest BCUT2D eigenvalue weighted by Gasteiger charge is 2.16. The van der Waals surface area contributed by atoms with E-state index in [-0.39, 0.29) is 23.1 Å². The molecule has 0 bridgehead atoms. The molecule has 7 nitrogen and oxygen atoms in total. The van der Waals surface area contributed by atoms with E-state index in [1.165, 1.54) is 24.4 Å². The Kier molecular flexibility index (Phi) is 5.79. The van der Waals surface area contributed by atoms with Gasteiger partial charge in [0.2, 0.25) is 11.8 Å².